The Morgan fingerprint density at radius 3 is 2.34 bits per heavy atom. The highest BCUT2D eigenvalue weighted by molar-refractivity contribution is 5.74. The molecule has 1 aromatic carbocycles. The van der Waals surface area contributed by atoms with Crippen LogP contribution in [0.4, 0.5) is 10.6 Å². The van der Waals surface area contributed by atoms with Gasteiger partial charge in [0, 0.05) is 49.9 Å². The maximum absolute atomic E-state index is 12.3. The molecule has 2 heterocycles. The van der Waals surface area contributed by atoms with Crippen LogP contribution in [0.5, 0.6) is 5.75 Å². The molecule has 0 unspecified atom stereocenters. The van der Waals surface area contributed by atoms with Crippen LogP contribution in [-0.2, 0) is 6.42 Å². The smallest absolute Gasteiger partial charge is 0.317 e. The summed E-state index contributed by atoms with van der Waals surface area (Å²) >= 11 is 0. The first-order chi connectivity index (χ1) is 13.9. The number of hydrogen-bond acceptors (Lipinski definition) is 5. The molecule has 1 aliphatic heterocycles. The van der Waals surface area contributed by atoms with Gasteiger partial charge in [0.2, 0.25) is 0 Å². The number of carbonyl (C=O) groups is 1. The Balaban J connectivity index is 1.78. The largest absolute Gasteiger partial charge is 0.497 e. The minimum Gasteiger partial charge on any atom is -0.497 e. The van der Waals surface area contributed by atoms with Gasteiger partial charge in [-0.25, -0.2) is 14.8 Å². The lowest BCUT2D eigenvalue weighted by atomic mass is 10.0. The maximum atomic E-state index is 12.3. The Hall–Kier alpha value is -2.83. The summed E-state index contributed by atoms with van der Waals surface area (Å²) in [5, 5.41) is 2.97. The van der Waals surface area contributed by atoms with Gasteiger partial charge in [-0.2, -0.15) is 0 Å². The van der Waals surface area contributed by atoms with E-state index in [0.717, 1.165) is 48.2 Å². The zero-order valence-corrected chi connectivity index (χ0v) is 18.0. The molecule has 7 heteroatoms. The van der Waals surface area contributed by atoms with Crippen LogP contribution in [0, 0.1) is 13.8 Å². The number of piperazine rings is 1. The van der Waals surface area contributed by atoms with Gasteiger partial charge in [0.1, 0.15) is 17.4 Å². The Morgan fingerprint density at radius 2 is 1.76 bits per heavy atom. The molecule has 0 aliphatic carbocycles. The number of ether oxygens (including phenoxy) is 1. The SMILES string of the molecule is COc1ccc(Cc2c(C)nc(C)nc2N2CCN(C(=O)NC(C)C)CC2)cc1. The van der Waals surface area contributed by atoms with Gasteiger partial charge in [-0.15, -0.1) is 0 Å². The van der Waals surface area contributed by atoms with Gasteiger partial charge in [0.15, 0.2) is 0 Å². The van der Waals surface area contributed by atoms with E-state index >= 15 is 0 Å². The van der Waals surface area contributed by atoms with Crippen molar-refractivity contribution in [1.29, 1.82) is 0 Å². The fourth-order valence-electron chi connectivity index (χ4n) is 3.59. The van der Waals surface area contributed by atoms with E-state index in [2.05, 4.69) is 27.3 Å². The topological polar surface area (TPSA) is 70.6 Å². The second kappa shape index (κ2) is 9.11. The van der Waals surface area contributed by atoms with Crippen molar-refractivity contribution in [1.82, 2.24) is 20.2 Å². The molecule has 1 aromatic heterocycles. The summed E-state index contributed by atoms with van der Waals surface area (Å²) in [7, 11) is 1.67. The number of aryl methyl sites for hydroxylation is 2. The predicted molar refractivity (Wildman–Crippen MR) is 115 cm³/mol. The number of amides is 2. The average Bonchev–Trinajstić information content (AvgIpc) is 2.70. The van der Waals surface area contributed by atoms with Crippen molar-refractivity contribution in [3.05, 3.63) is 46.9 Å². The normalized spacial score (nSPS) is 14.3. The van der Waals surface area contributed by atoms with Crippen LogP contribution in [0.15, 0.2) is 24.3 Å². The van der Waals surface area contributed by atoms with Gasteiger partial charge in [0.25, 0.3) is 0 Å². The zero-order valence-electron chi connectivity index (χ0n) is 18.0. The molecule has 0 spiro atoms. The van der Waals surface area contributed by atoms with E-state index in [4.69, 9.17) is 9.72 Å². The Labute approximate surface area is 173 Å². The lowest BCUT2D eigenvalue weighted by Crippen LogP contribution is -2.53. The number of nitrogens with zero attached hydrogens (tertiary/aromatic N) is 4. The summed E-state index contributed by atoms with van der Waals surface area (Å²) in [5.41, 5.74) is 3.33. The van der Waals surface area contributed by atoms with E-state index in [-0.39, 0.29) is 12.1 Å². The number of methoxy groups -OCH3 is 1. The molecule has 0 atom stereocenters. The number of nitrogens with one attached hydrogen (secondary N) is 1. The van der Waals surface area contributed by atoms with E-state index < -0.39 is 0 Å². The van der Waals surface area contributed by atoms with Crippen LogP contribution in [0.2, 0.25) is 0 Å². The van der Waals surface area contributed by atoms with Gasteiger partial charge in [-0.05, 0) is 45.4 Å². The number of rotatable bonds is 5. The molecule has 1 aliphatic rings. The lowest BCUT2D eigenvalue weighted by molar-refractivity contribution is 0.191. The van der Waals surface area contributed by atoms with E-state index in [1.165, 1.54) is 5.56 Å². The van der Waals surface area contributed by atoms with Crippen molar-refractivity contribution in [3.8, 4) is 5.75 Å². The molecule has 29 heavy (non-hydrogen) atoms. The van der Waals surface area contributed by atoms with Gasteiger partial charge < -0.3 is 19.9 Å². The number of anilines is 1. The number of hydrogen-bond donors (Lipinski definition) is 1. The molecular formula is C22H31N5O2. The first-order valence-electron chi connectivity index (χ1n) is 10.1. The summed E-state index contributed by atoms with van der Waals surface area (Å²) in [4.78, 5) is 25.8. The summed E-state index contributed by atoms with van der Waals surface area (Å²) in [6.07, 6.45) is 0.763. The van der Waals surface area contributed by atoms with E-state index in [9.17, 15) is 4.79 Å². The van der Waals surface area contributed by atoms with Crippen molar-refractivity contribution < 1.29 is 9.53 Å². The molecule has 2 amide bonds. The number of benzene rings is 1. The van der Waals surface area contributed by atoms with Crippen molar-refractivity contribution in [2.45, 2.75) is 40.2 Å². The molecule has 1 fully saturated rings. The fraction of sp³-hybridized carbons (Fsp3) is 0.500. The van der Waals surface area contributed by atoms with Crippen LogP contribution in [0.25, 0.3) is 0 Å². The third kappa shape index (κ3) is 5.16. The third-order valence-electron chi connectivity index (χ3n) is 5.12. The first-order valence-corrected chi connectivity index (χ1v) is 10.1. The van der Waals surface area contributed by atoms with Crippen molar-refractivity contribution >= 4 is 11.8 Å². The average molecular weight is 398 g/mol. The van der Waals surface area contributed by atoms with Crippen molar-refractivity contribution in [2.24, 2.45) is 0 Å². The summed E-state index contributed by atoms with van der Waals surface area (Å²) in [5.74, 6) is 2.60. The summed E-state index contributed by atoms with van der Waals surface area (Å²) < 4.78 is 5.26. The second-order valence-electron chi connectivity index (χ2n) is 7.76. The molecule has 2 aromatic rings. The first kappa shape index (κ1) is 20.9. The molecular weight excluding hydrogens is 366 g/mol. The lowest BCUT2D eigenvalue weighted by Gasteiger charge is -2.36. The predicted octanol–water partition coefficient (Wildman–Crippen LogP) is 2.93. The van der Waals surface area contributed by atoms with Gasteiger partial charge in [0.05, 0.1) is 7.11 Å². The Bertz CT molecular complexity index is 843. The molecule has 0 saturated carbocycles. The Kier molecular flexibility index (Phi) is 6.56. The molecule has 7 nitrogen and oxygen atoms in total. The van der Waals surface area contributed by atoms with Crippen LogP contribution in [0.3, 0.4) is 0 Å². The highest BCUT2D eigenvalue weighted by atomic mass is 16.5. The van der Waals surface area contributed by atoms with Gasteiger partial charge >= 0.3 is 6.03 Å². The van der Waals surface area contributed by atoms with Gasteiger partial charge in [-0.3, -0.25) is 0 Å². The number of aromatic nitrogens is 2. The van der Waals surface area contributed by atoms with Crippen LogP contribution < -0.4 is 15.0 Å². The molecule has 1 saturated heterocycles. The quantitative estimate of drug-likeness (QED) is 0.840. The molecule has 3 rings (SSSR count). The monoisotopic (exact) mass is 397 g/mol. The number of urea groups is 1. The molecule has 156 valence electrons. The van der Waals surface area contributed by atoms with Crippen LogP contribution in [-0.4, -0.2) is 60.2 Å². The fourth-order valence-corrected chi connectivity index (χ4v) is 3.59. The third-order valence-corrected chi connectivity index (χ3v) is 5.12. The van der Waals surface area contributed by atoms with Gasteiger partial charge in [-0.1, -0.05) is 12.1 Å². The molecule has 0 radical (unpaired) electrons. The Morgan fingerprint density at radius 1 is 1.10 bits per heavy atom. The molecule has 0 bridgehead atoms. The highest BCUT2D eigenvalue weighted by Crippen LogP contribution is 2.26. The standard InChI is InChI=1S/C22H31N5O2/c1-15(2)23-22(28)27-12-10-26(11-13-27)21-20(16(3)24-17(4)25-21)14-18-6-8-19(29-5)9-7-18/h6-9,15H,10-14H2,1-5H3,(H,23,28). The zero-order chi connectivity index (χ0) is 21.0. The maximum Gasteiger partial charge on any atom is 0.317 e. The summed E-state index contributed by atoms with van der Waals surface area (Å²) in [6.45, 7) is 10.8. The van der Waals surface area contributed by atoms with Crippen molar-refractivity contribution in [2.75, 3.05) is 38.2 Å². The van der Waals surface area contributed by atoms with Crippen LogP contribution in [0.1, 0.15) is 36.5 Å². The summed E-state index contributed by atoms with van der Waals surface area (Å²) in [6, 6.07) is 8.26. The van der Waals surface area contributed by atoms with Crippen molar-refractivity contribution in [3.63, 3.8) is 0 Å². The van der Waals surface area contributed by atoms with E-state index in [1.807, 2.05) is 44.7 Å². The minimum absolute atomic E-state index is 0.00755. The number of carbonyl (C=O) groups excluding carboxylic acids is 1. The minimum atomic E-state index is 0.00755. The van der Waals surface area contributed by atoms with E-state index in [1.54, 1.807) is 7.11 Å². The van der Waals surface area contributed by atoms with Crippen LogP contribution >= 0.6 is 0 Å². The highest BCUT2D eigenvalue weighted by Gasteiger charge is 2.25. The van der Waals surface area contributed by atoms with E-state index in [0.29, 0.717) is 13.1 Å². The second-order valence-corrected chi connectivity index (χ2v) is 7.76. The molecule has 1 N–H and O–H groups in total.